The number of aromatic amines is 1. The molecule has 2 aromatic heterocycles. The van der Waals surface area contributed by atoms with E-state index in [1.54, 1.807) is 7.11 Å². The van der Waals surface area contributed by atoms with Gasteiger partial charge < -0.3 is 9.64 Å². The molecule has 6 nitrogen and oxygen atoms in total. The number of rotatable bonds is 4. The van der Waals surface area contributed by atoms with E-state index in [0.717, 1.165) is 78.2 Å². The number of pyridine rings is 1. The van der Waals surface area contributed by atoms with Crippen LogP contribution in [0.5, 0.6) is 5.75 Å². The number of ether oxygens (including phenoxy) is 1. The van der Waals surface area contributed by atoms with Crippen molar-refractivity contribution >= 4 is 5.91 Å². The Hall–Kier alpha value is -3.15. The highest BCUT2D eigenvalue weighted by Gasteiger charge is 2.30. The number of likely N-dealkylation sites (tertiary alicyclic amines) is 1. The molecule has 1 aliphatic heterocycles. The number of aryl methyl sites for hydroxylation is 2. The molecule has 2 aliphatic rings. The highest BCUT2D eigenvalue weighted by Crippen LogP contribution is 2.31. The first kappa shape index (κ1) is 20.7. The van der Waals surface area contributed by atoms with Crippen LogP contribution in [0.15, 0.2) is 36.4 Å². The van der Waals surface area contributed by atoms with E-state index in [2.05, 4.69) is 34.5 Å². The maximum Gasteiger partial charge on any atom is 0.274 e. The molecule has 3 aromatic rings. The molecular weight excluding hydrogens is 400 g/mol. The summed E-state index contributed by atoms with van der Waals surface area (Å²) in [5, 5.41) is 7.52. The Morgan fingerprint density at radius 3 is 2.72 bits per heavy atom. The standard InChI is InChI=1S/C26H30N4O2/c1-17-14-20(18-9-11-21(32-2)12-10-18)15-24(27-17)19-6-5-13-30(16-19)26(31)25-22-7-3-4-8-23(22)28-29-25/h9-12,14-15,19H,3-8,13,16H2,1-2H3,(H,28,29). The molecule has 32 heavy (non-hydrogen) atoms. The number of hydrogen-bond acceptors (Lipinski definition) is 4. The van der Waals surface area contributed by atoms with Crippen LogP contribution in [0, 0.1) is 6.92 Å². The lowest BCUT2D eigenvalue weighted by atomic mass is 9.91. The van der Waals surface area contributed by atoms with Gasteiger partial charge in [0, 0.05) is 41.7 Å². The molecule has 1 amide bonds. The summed E-state index contributed by atoms with van der Waals surface area (Å²) in [7, 11) is 1.68. The first-order valence-electron chi connectivity index (χ1n) is 11.6. The SMILES string of the molecule is COc1ccc(-c2cc(C)nc(C3CCCN(C(=O)c4n[nH]c5c4CCCC5)C3)c2)cc1. The molecule has 0 bridgehead atoms. The maximum absolute atomic E-state index is 13.3. The van der Waals surface area contributed by atoms with Crippen LogP contribution < -0.4 is 4.74 Å². The van der Waals surface area contributed by atoms with E-state index in [9.17, 15) is 4.79 Å². The topological polar surface area (TPSA) is 71.1 Å². The Morgan fingerprint density at radius 2 is 1.91 bits per heavy atom. The number of methoxy groups -OCH3 is 1. The summed E-state index contributed by atoms with van der Waals surface area (Å²) >= 11 is 0. The van der Waals surface area contributed by atoms with Gasteiger partial charge in [0.15, 0.2) is 5.69 Å². The Labute approximate surface area is 189 Å². The zero-order valence-electron chi connectivity index (χ0n) is 18.9. The second-order valence-corrected chi connectivity index (χ2v) is 8.98. The smallest absolute Gasteiger partial charge is 0.274 e. The second-order valence-electron chi connectivity index (χ2n) is 8.98. The van der Waals surface area contributed by atoms with Crippen LogP contribution in [-0.2, 0) is 12.8 Å². The van der Waals surface area contributed by atoms with Gasteiger partial charge in [-0.25, -0.2) is 0 Å². The average molecular weight is 431 g/mol. The number of nitrogens with one attached hydrogen (secondary N) is 1. The molecule has 0 saturated carbocycles. The molecule has 1 N–H and O–H groups in total. The Balaban J connectivity index is 1.37. The van der Waals surface area contributed by atoms with Crippen molar-refractivity contribution < 1.29 is 9.53 Å². The largest absolute Gasteiger partial charge is 0.497 e. The summed E-state index contributed by atoms with van der Waals surface area (Å²) in [5.41, 5.74) is 7.29. The van der Waals surface area contributed by atoms with Crippen LogP contribution in [0.25, 0.3) is 11.1 Å². The molecule has 1 saturated heterocycles. The lowest BCUT2D eigenvalue weighted by Gasteiger charge is -2.32. The summed E-state index contributed by atoms with van der Waals surface area (Å²) in [5.74, 6) is 1.15. The summed E-state index contributed by atoms with van der Waals surface area (Å²) in [4.78, 5) is 20.2. The number of piperidine rings is 1. The van der Waals surface area contributed by atoms with Crippen molar-refractivity contribution in [2.45, 2.75) is 51.4 Å². The summed E-state index contributed by atoms with van der Waals surface area (Å²) in [6.45, 7) is 3.52. The van der Waals surface area contributed by atoms with Crippen molar-refractivity contribution in [3.63, 3.8) is 0 Å². The molecule has 166 valence electrons. The number of carbonyl (C=O) groups excluding carboxylic acids is 1. The molecule has 1 aliphatic carbocycles. The third-order valence-electron chi connectivity index (χ3n) is 6.78. The zero-order valence-corrected chi connectivity index (χ0v) is 18.9. The number of nitrogens with zero attached hydrogens (tertiary/aromatic N) is 3. The minimum Gasteiger partial charge on any atom is -0.497 e. The monoisotopic (exact) mass is 430 g/mol. The van der Waals surface area contributed by atoms with Crippen LogP contribution in [0.3, 0.4) is 0 Å². The van der Waals surface area contributed by atoms with Crippen LogP contribution >= 0.6 is 0 Å². The number of aromatic nitrogens is 3. The molecule has 5 rings (SSSR count). The Bertz CT molecular complexity index is 1120. The molecule has 1 unspecified atom stereocenters. The van der Waals surface area contributed by atoms with Crippen molar-refractivity contribution in [2.75, 3.05) is 20.2 Å². The van der Waals surface area contributed by atoms with Gasteiger partial charge in [-0.2, -0.15) is 5.10 Å². The van der Waals surface area contributed by atoms with Crippen LogP contribution in [0.2, 0.25) is 0 Å². The molecule has 0 radical (unpaired) electrons. The summed E-state index contributed by atoms with van der Waals surface area (Å²) < 4.78 is 5.29. The van der Waals surface area contributed by atoms with Gasteiger partial charge in [-0.1, -0.05) is 12.1 Å². The number of fused-ring (bicyclic) bond motifs is 1. The Morgan fingerprint density at radius 1 is 1.09 bits per heavy atom. The fourth-order valence-corrected chi connectivity index (χ4v) is 5.06. The van der Waals surface area contributed by atoms with Crippen molar-refractivity contribution in [3.8, 4) is 16.9 Å². The molecule has 1 atom stereocenters. The van der Waals surface area contributed by atoms with Gasteiger partial charge in [-0.15, -0.1) is 0 Å². The molecule has 3 heterocycles. The quantitative estimate of drug-likeness (QED) is 0.652. The van der Waals surface area contributed by atoms with Gasteiger partial charge in [0.2, 0.25) is 0 Å². The van der Waals surface area contributed by atoms with Crippen molar-refractivity contribution in [1.29, 1.82) is 0 Å². The van der Waals surface area contributed by atoms with E-state index < -0.39 is 0 Å². The summed E-state index contributed by atoms with van der Waals surface area (Å²) in [6, 6.07) is 12.4. The predicted molar refractivity (Wildman–Crippen MR) is 124 cm³/mol. The van der Waals surface area contributed by atoms with Crippen molar-refractivity contribution in [2.24, 2.45) is 0 Å². The highest BCUT2D eigenvalue weighted by atomic mass is 16.5. The first-order chi connectivity index (χ1) is 15.6. The fraction of sp³-hybridized carbons (Fsp3) is 0.423. The zero-order chi connectivity index (χ0) is 22.1. The van der Waals surface area contributed by atoms with Gasteiger partial charge in [0.05, 0.1) is 7.11 Å². The van der Waals surface area contributed by atoms with Gasteiger partial charge in [0.25, 0.3) is 5.91 Å². The number of H-pyrrole nitrogens is 1. The molecule has 0 spiro atoms. The molecule has 1 aromatic carbocycles. The van der Waals surface area contributed by atoms with Gasteiger partial charge in [0.1, 0.15) is 5.75 Å². The summed E-state index contributed by atoms with van der Waals surface area (Å²) in [6.07, 6.45) is 6.28. The number of benzene rings is 1. The lowest BCUT2D eigenvalue weighted by molar-refractivity contribution is 0.0698. The van der Waals surface area contributed by atoms with E-state index in [0.29, 0.717) is 12.2 Å². The van der Waals surface area contributed by atoms with E-state index in [4.69, 9.17) is 9.72 Å². The normalized spacial score (nSPS) is 18.3. The van der Waals surface area contributed by atoms with E-state index >= 15 is 0 Å². The average Bonchev–Trinajstić information content (AvgIpc) is 3.27. The minimum atomic E-state index is 0.0668. The molecule has 6 heteroatoms. The van der Waals surface area contributed by atoms with Crippen molar-refractivity contribution in [3.05, 3.63) is 64.7 Å². The van der Waals surface area contributed by atoms with Crippen LogP contribution in [-0.4, -0.2) is 46.2 Å². The minimum absolute atomic E-state index is 0.0668. The number of carbonyl (C=O) groups is 1. The van der Waals surface area contributed by atoms with E-state index in [1.807, 2.05) is 24.0 Å². The Kier molecular flexibility index (Phi) is 5.68. The molecule has 1 fully saturated rings. The maximum atomic E-state index is 13.3. The number of hydrogen-bond donors (Lipinski definition) is 1. The van der Waals surface area contributed by atoms with Gasteiger partial charge in [-0.05, 0) is 80.8 Å². The van der Waals surface area contributed by atoms with Crippen LogP contribution in [0.1, 0.15) is 64.7 Å². The van der Waals surface area contributed by atoms with Gasteiger partial charge in [-0.3, -0.25) is 14.9 Å². The lowest BCUT2D eigenvalue weighted by Crippen LogP contribution is -2.40. The highest BCUT2D eigenvalue weighted by molar-refractivity contribution is 5.94. The van der Waals surface area contributed by atoms with E-state index in [1.165, 1.54) is 6.42 Å². The van der Waals surface area contributed by atoms with E-state index in [-0.39, 0.29) is 11.8 Å². The fourth-order valence-electron chi connectivity index (χ4n) is 5.06. The number of amides is 1. The third-order valence-corrected chi connectivity index (χ3v) is 6.78. The first-order valence-corrected chi connectivity index (χ1v) is 11.6. The van der Waals surface area contributed by atoms with Gasteiger partial charge >= 0.3 is 0 Å². The second kappa shape index (κ2) is 8.77. The predicted octanol–water partition coefficient (Wildman–Crippen LogP) is 4.69. The molecular formula is C26H30N4O2. The van der Waals surface area contributed by atoms with Crippen LogP contribution in [0.4, 0.5) is 0 Å². The third kappa shape index (κ3) is 4.01. The van der Waals surface area contributed by atoms with Crippen molar-refractivity contribution in [1.82, 2.24) is 20.1 Å².